The van der Waals surface area contributed by atoms with Crippen LogP contribution in [0, 0.1) is 6.92 Å². The first kappa shape index (κ1) is 31.1. The van der Waals surface area contributed by atoms with Crippen LogP contribution in [0.25, 0.3) is 23.1 Å². The number of carboxylic acids is 2. The molecule has 4 rings (SSSR count). The van der Waals surface area contributed by atoms with Gasteiger partial charge in [-0.3, -0.25) is 14.4 Å². The van der Waals surface area contributed by atoms with E-state index in [2.05, 4.69) is 0 Å². The van der Waals surface area contributed by atoms with Crippen molar-refractivity contribution >= 4 is 40.8 Å². The van der Waals surface area contributed by atoms with Crippen molar-refractivity contribution in [1.29, 1.82) is 0 Å². The summed E-state index contributed by atoms with van der Waals surface area (Å²) >= 11 is 0. The predicted octanol–water partition coefficient (Wildman–Crippen LogP) is 7.05. The topological polar surface area (TPSA) is 115 Å². The number of rotatable bonds is 16. The molecule has 2 N–H and O–H groups in total. The van der Waals surface area contributed by atoms with E-state index >= 15 is 0 Å². The van der Waals surface area contributed by atoms with Gasteiger partial charge in [-0.05, 0) is 91.8 Å². The van der Waals surface area contributed by atoms with Crippen molar-refractivity contribution < 1.29 is 34.1 Å². The normalized spacial score (nSPS) is 11.2. The van der Waals surface area contributed by atoms with Crippen molar-refractivity contribution in [1.82, 2.24) is 4.57 Å². The molecule has 1 heterocycles. The first-order chi connectivity index (χ1) is 20.7. The first-order valence-electron chi connectivity index (χ1n) is 14.4. The Morgan fingerprint density at radius 2 is 1.60 bits per heavy atom. The van der Waals surface area contributed by atoms with Gasteiger partial charge in [0.25, 0.3) is 0 Å². The number of ketones is 1. The van der Waals surface area contributed by atoms with E-state index in [1.165, 1.54) is 0 Å². The molecule has 0 saturated heterocycles. The number of aliphatic carboxylic acids is 2. The van der Waals surface area contributed by atoms with Gasteiger partial charge in [0.1, 0.15) is 11.5 Å². The Hall–Kier alpha value is -4.85. The number of benzene rings is 3. The van der Waals surface area contributed by atoms with Crippen molar-refractivity contribution in [3.63, 3.8) is 0 Å². The summed E-state index contributed by atoms with van der Waals surface area (Å²) in [4.78, 5) is 34.0. The minimum Gasteiger partial charge on any atom is -0.494 e. The quantitative estimate of drug-likeness (QED) is 0.0825. The summed E-state index contributed by atoms with van der Waals surface area (Å²) < 4.78 is 13.7. The largest absolute Gasteiger partial charge is 0.494 e. The molecule has 0 aliphatic rings. The molecule has 8 nitrogen and oxygen atoms in total. The highest BCUT2D eigenvalue weighted by Crippen LogP contribution is 2.28. The molecule has 0 amide bonds. The van der Waals surface area contributed by atoms with Gasteiger partial charge in [0.15, 0.2) is 5.78 Å². The standard InChI is InChI=1S/C35H37NO7/c1-24-21-28(25(2)37)14-17-32(24)43-20-4-3-19-42-30-15-11-26(12-16-30)10-13-27-7-5-8-31-35(27)29(22-34(40)41)23-36(31)18-6-9-33(38)39/h5,7-8,10-17,21,23H,3-4,6,9,18-20,22H2,1-2H3,(H,38,39)(H,40,41)/b13-10+. The summed E-state index contributed by atoms with van der Waals surface area (Å²) in [5, 5.41) is 19.3. The lowest BCUT2D eigenvalue weighted by Crippen LogP contribution is -2.04. The summed E-state index contributed by atoms with van der Waals surface area (Å²) in [6.45, 7) is 5.13. The number of aryl methyl sites for hydroxylation is 2. The molecule has 0 spiro atoms. The highest BCUT2D eigenvalue weighted by atomic mass is 16.5. The summed E-state index contributed by atoms with van der Waals surface area (Å²) in [6, 6.07) is 19.1. The zero-order valence-electron chi connectivity index (χ0n) is 24.5. The third kappa shape index (κ3) is 8.82. The summed E-state index contributed by atoms with van der Waals surface area (Å²) in [5.41, 5.74) is 5.10. The van der Waals surface area contributed by atoms with Crippen molar-refractivity contribution in [3.8, 4) is 11.5 Å². The van der Waals surface area contributed by atoms with Crippen LogP contribution in [0.2, 0.25) is 0 Å². The molecule has 0 aliphatic carbocycles. The lowest BCUT2D eigenvalue weighted by molar-refractivity contribution is -0.137. The zero-order valence-corrected chi connectivity index (χ0v) is 24.5. The molecule has 0 radical (unpaired) electrons. The fraction of sp³-hybridized carbons (Fsp3) is 0.286. The SMILES string of the molecule is CC(=O)c1ccc(OCCCCOc2ccc(/C=C/c3cccc4c3c(CC(=O)O)cn4CCCC(=O)O)cc2)c(C)c1. The maximum Gasteiger partial charge on any atom is 0.307 e. The van der Waals surface area contributed by atoms with E-state index in [1.54, 1.807) is 13.0 Å². The first-order valence-corrected chi connectivity index (χ1v) is 14.4. The van der Waals surface area contributed by atoms with Crippen LogP contribution in [0.5, 0.6) is 11.5 Å². The minimum atomic E-state index is -0.915. The van der Waals surface area contributed by atoms with Crippen molar-refractivity contribution in [2.45, 2.75) is 52.5 Å². The van der Waals surface area contributed by atoms with E-state index in [4.69, 9.17) is 14.6 Å². The van der Waals surface area contributed by atoms with E-state index in [1.807, 2.05) is 84.4 Å². The molecular formula is C35H37NO7. The molecule has 0 aliphatic heterocycles. The second-order valence-electron chi connectivity index (χ2n) is 10.5. The second kappa shape index (κ2) is 14.9. The van der Waals surface area contributed by atoms with Gasteiger partial charge in [0, 0.05) is 35.6 Å². The van der Waals surface area contributed by atoms with Gasteiger partial charge in [0.05, 0.1) is 19.6 Å². The third-order valence-electron chi connectivity index (χ3n) is 7.13. The van der Waals surface area contributed by atoms with Crippen LogP contribution >= 0.6 is 0 Å². The maximum atomic E-state index is 11.5. The molecular weight excluding hydrogens is 546 g/mol. The highest BCUT2D eigenvalue weighted by molar-refractivity contribution is 5.96. The number of nitrogens with zero attached hydrogens (tertiary/aromatic N) is 1. The molecule has 0 saturated carbocycles. The van der Waals surface area contributed by atoms with Crippen molar-refractivity contribution in [3.05, 3.63) is 94.7 Å². The molecule has 0 fully saturated rings. The van der Waals surface area contributed by atoms with Gasteiger partial charge in [-0.2, -0.15) is 0 Å². The van der Waals surface area contributed by atoms with Crippen molar-refractivity contribution in [2.75, 3.05) is 13.2 Å². The number of hydrogen-bond acceptors (Lipinski definition) is 5. The van der Waals surface area contributed by atoms with Gasteiger partial charge >= 0.3 is 11.9 Å². The number of carbonyl (C=O) groups excluding carboxylic acids is 1. The lowest BCUT2D eigenvalue weighted by atomic mass is 10.0. The van der Waals surface area contributed by atoms with Gasteiger partial charge in [-0.15, -0.1) is 0 Å². The fourth-order valence-corrected chi connectivity index (χ4v) is 4.96. The van der Waals surface area contributed by atoms with E-state index in [0.717, 1.165) is 51.9 Å². The zero-order chi connectivity index (χ0) is 30.8. The summed E-state index contributed by atoms with van der Waals surface area (Å²) in [5.74, 6) is -0.159. The number of aromatic nitrogens is 1. The maximum absolute atomic E-state index is 11.5. The Morgan fingerprint density at radius 1 is 0.860 bits per heavy atom. The molecule has 0 bridgehead atoms. The number of carboxylic acid groups (broad SMARTS) is 2. The average Bonchev–Trinajstić information content (AvgIpc) is 3.31. The average molecular weight is 584 g/mol. The van der Waals surface area contributed by atoms with Crippen molar-refractivity contribution in [2.24, 2.45) is 0 Å². The van der Waals surface area contributed by atoms with Gasteiger partial charge < -0.3 is 24.3 Å². The van der Waals surface area contributed by atoms with E-state index in [-0.39, 0.29) is 18.6 Å². The third-order valence-corrected chi connectivity index (χ3v) is 7.13. The molecule has 43 heavy (non-hydrogen) atoms. The van der Waals surface area contributed by atoms with Gasteiger partial charge in [0.2, 0.25) is 0 Å². The molecule has 0 unspecified atom stereocenters. The fourth-order valence-electron chi connectivity index (χ4n) is 4.96. The van der Waals surface area contributed by atoms with Crippen LogP contribution < -0.4 is 9.47 Å². The molecule has 4 aromatic rings. The molecule has 8 heteroatoms. The predicted molar refractivity (Wildman–Crippen MR) is 167 cm³/mol. The number of fused-ring (bicyclic) bond motifs is 1. The lowest BCUT2D eigenvalue weighted by Gasteiger charge is -2.10. The smallest absolute Gasteiger partial charge is 0.307 e. The number of ether oxygens (including phenoxy) is 2. The Morgan fingerprint density at radius 3 is 2.28 bits per heavy atom. The number of Topliss-reactive ketones (excluding diaryl/α,β-unsaturated/α-hetero) is 1. The molecule has 224 valence electrons. The van der Waals surface area contributed by atoms with Crippen LogP contribution in [0.4, 0.5) is 0 Å². The monoisotopic (exact) mass is 583 g/mol. The summed E-state index contributed by atoms with van der Waals surface area (Å²) in [7, 11) is 0. The van der Waals surface area contributed by atoms with Crippen LogP contribution in [0.15, 0.2) is 66.9 Å². The highest BCUT2D eigenvalue weighted by Gasteiger charge is 2.14. The Kier molecular flexibility index (Phi) is 10.7. The number of unbranched alkanes of at least 4 members (excludes halogenated alkanes) is 1. The molecule has 3 aromatic carbocycles. The summed E-state index contributed by atoms with van der Waals surface area (Å²) in [6.07, 6.45) is 7.86. The minimum absolute atomic E-state index is 0.0403. The van der Waals surface area contributed by atoms with Crippen LogP contribution in [-0.4, -0.2) is 45.7 Å². The van der Waals surface area contributed by atoms with Crippen LogP contribution in [0.3, 0.4) is 0 Å². The molecule has 1 aromatic heterocycles. The van der Waals surface area contributed by atoms with Crippen LogP contribution in [-0.2, 0) is 22.6 Å². The van der Waals surface area contributed by atoms with Gasteiger partial charge in [-0.25, -0.2) is 0 Å². The Bertz CT molecular complexity index is 1620. The number of hydrogen-bond donors (Lipinski definition) is 2. The van der Waals surface area contributed by atoms with E-state index in [0.29, 0.717) is 37.3 Å². The number of carbonyl (C=O) groups is 3. The van der Waals surface area contributed by atoms with Gasteiger partial charge in [-0.1, -0.05) is 36.4 Å². The van der Waals surface area contributed by atoms with E-state index in [9.17, 15) is 19.5 Å². The second-order valence-corrected chi connectivity index (χ2v) is 10.5. The molecule has 0 atom stereocenters. The van der Waals surface area contributed by atoms with Crippen LogP contribution in [0.1, 0.15) is 65.2 Å². The Labute approximate surface area is 251 Å². The Balaban J connectivity index is 1.31. The van der Waals surface area contributed by atoms with E-state index < -0.39 is 11.9 Å².